The van der Waals surface area contributed by atoms with Crippen molar-refractivity contribution in [3.63, 3.8) is 0 Å². The van der Waals surface area contributed by atoms with Crippen molar-refractivity contribution in [2.75, 3.05) is 6.54 Å². The Hall–Kier alpha value is -1.95. The van der Waals surface area contributed by atoms with Gasteiger partial charge in [0.15, 0.2) is 0 Å². The summed E-state index contributed by atoms with van der Waals surface area (Å²) >= 11 is 1.76. The van der Waals surface area contributed by atoms with Gasteiger partial charge in [0.1, 0.15) is 5.75 Å². The fraction of sp³-hybridized carbons (Fsp3) is 0.389. The number of fused-ring (bicyclic) bond motifs is 1. The first-order valence-electron chi connectivity index (χ1n) is 7.98. The van der Waals surface area contributed by atoms with E-state index in [4.69, 9.17) is 0 Å². The quantitative estimate of drug-likeness (QED) is 0.798. The zero-order valence-electron chi connectivity index (χ0n) is 13.4. The Balaban J connectivity index is 1.68. The lowest BCUT2D eigenvalue weighted by Crippen LogP contribution is -2.40. The van der Waals surface area contributed by atoms with Crippen molar-refractivity contribution in [2.24, 2.45) is 0 Å². The first kappa shape index (κ1) is 16.9. The summed E-state index contributed by atoms with van der Waals surface area (Å²) in [5, 5.41) is 2.09. The Labute approximate surface area is 143 Å². The minimum absolute atomic E-state index is 0.0706. The van der Waals surface area contributed by atoms with Gasteiger partial charge in [-0.3, -0.25) is 4.79 Å². The normalized spacial score (nSPS) is 17.0. The summed E-state index contributed by atoms with van der Waals surface area (Å²) in [4.78, 5) is 16.0. The van der Waals surface area contributed by atoms with Gasteiger partial charge >= 0.3 is 6.61 Å². The molecule has 128 valence electrons. The first-order chi connectivity index (χ1) is 11.6. The number of hydrogen-bond donors (Lipinski definition) is 0. The van der Waals surface area contributed by atoms with Gasteiger partial charge in [-0.2, -0.15) is 8.78 Å². The maximum atomic E-state index is 12.7. The fourth-order valence-electron chi connectivity index (χ4n) is 3.20. The van der Waals surface area contributed by atoms with E-state index in [0.717, 1.165) is 24.9 Å². The third-order valence-corrected chi connectivity index (χ3v) is 5.30. The third-order valence-electron chi connectivity index (χ3n) is 4.31. The van der Waals surface area contributed by atoms with E-state index >= 15 is 0 Å². The van der Waals surface area contributed by atoms with Gasteiger partial charge in [-0.05, 0) is 47.5 Å². The number of nitrogens with zero attached hydrogens (tertiary/aromatic N) is 1. The number of amides is 1. The van der Waals surface area contributed by atoms with Crippen LogP contribution in [0.3, 0.4) is 0 Å². The summed E-state index contributed by atoms with van der Waals surface area (Å²) in [5.74, 6) is 0.176. The van der Waals surface area contributed by atoms with Crippen LogP contribution in [0, 0.1) is 0 Å². The number of alkyl halides is 2. The van der Waals surface area contributed by atoms with Crippen molar-refractivity contribution in [3.05, 3.63) is 51.7 Å². The standard InChI is InChI=1S/C18H19F2NO2S/c1-2-15-14-8-10-24-16(14)7-9-21(15)17(22)11-12-3-5-13(6-4-12)23-18(19)20/h3-6,8,10,15,18H,2,7,9,11H2,1H3. The second kappa shape index (κ2) is 7.30. The molecule has 0 N–H and O–H groups in total. The van der Waals surface area contributed by atoms with Gasteiger partial charge < -0.3 is 9.64 Å². The molecule has 1 unspecified atom stereocenters. The van der Waals surface area contributed by atoms with Crippen LogP contribution in [0.25, 0.3) is 0 Å². The molecule has 1 aromatic heterocycles. The van der Waals surface area contributed by atoms with Gasteiger partial charge in [0.2, 0.25) is 5.91 Å². The second-order valence-corrected chi connectivity index (χ2v) is 6.76. The molecule has 2 aromatic rings. The Morgan fingerprint density at radius 3 is 2.75 bits per heavy atom. The molecule has 3 nitrogen and oxygen atoms in total. The van der Waals surface area contributed by atoms with Crippen molar-refractivity contribution in [2.45, 2.75) is 38.8 Å². The first-order valence-corrected chi connectivity index (χ1v) is 8.86. The molecule has 0 saturated carbocycles. The summed E-state index contributed by atoms with van der Waals surface area (Å²) in [6.07, 6.45) is 2.05. The predicted molar refractivity (Wildman–Crippen MR) is 89.5 cm³/mol. The zero-order valence-corrected chi connectivity index (χ0v) is 14.2. The van der Waals surface area contributed by atoms with E-state index in [0.29, 0.717) is 0 Å². The minimum atomic E-state index is -2.84. The summed E-state index contributed by atoms with van der Waals surface area (Å²) in [7, 11) is 0. The number of carbonyl (C=O) groups is 1. The van der Waals surface area contributed by atoms with Crippen molar-refractivity contribution in [1.29, 1.82) is 0 Å². The van der Waals surface area contributed by atoms with E-state index in [1.807, 2.05) is 4.90 Å². The van der Waals surface area contributed by atoms with Crippen LogP contribution in [-0.2, 0) is 17.6 Å². The Kier molecular flexibility index (Phi) is 5.14. The van der Waals surface area contributed by atoms with Crippen LogP contribution >= 0.6 is 11.3 Å². The lowest BCUT2D eigenvalue weighted by molar-refractivity contribution is -0.133. The topological polar surface area (TPSA) is 29.5 Å². The van der Waals surface area contributed by atoms with Crippen molar-refractivity contribution >= 4 is 17.2 Å². The molecule has 6 heteroatoms. The molecule has 0 saturated heterocycles. The highest BCUT2D eigenvalue weighted by molar-refractivity contribution is 7.10. The zero-order chi connectivity index (χ0) is 17.1. The lowest BCUT2D eigenvalue weighted by Gasteiger charge is -2.35. The number of thiophene rings is 1. The SMILES string of the molecule is CCC1c2ccsc2CCN1C(=O)Cc1ccc(OC(F)F)cc1. The largest absolute Gasteiger partial charge is 0.435 e. The number of benzene rings is 1. The van der Waals surface area contributed by atoms with Gasteiger partial charge in [0.05, 0.1) is 12.5 Å². The van der Waals surface area contributed by atoms with Gasteiger partial charge in [-0.15, -0.1) is 11.3 Å². The summed E-state index contributed by atoms with van der Waals surface area (Å²) < 4.78 is 28.7. The molecule has 24 heavy (non-hydrogen) atoms. The Bertz CT molecular complexity index is 699. The van der Waals surface area contributed by atoms with Crippen LogP contribution in [0.4, 0.5) is 8.78 Å². The molecule has 1 aliphatic heterocycles. The van der Waals surface area contributed by atoms with Crippen LogP contribution in [0.15, 0.2) is 35.7 Å². The molecule has 2 heterocycles. The lowest BCUT2D eigenvalue weighted by atomic mass is 9.97. The molecule has 0 fully saturated rings. The molecule has 1 amide bonds. The predicted octanol–water partition coefficient (Wildman–Crippen LogP) is 4.43. The van der Waals surface area contributed by atoms with E-state index in [1.165, 1.54) is 22.6 Å². The van der Waals surface area contributed by atoms with E-state index in [1.54, 1.807) is 23.5 Å². The highest BCUT2D eigenvalue weighted by atomic mass is 32.1. The van der Waals surface area contributed by atoms with Crippen LogP contribution in [0.2, 0.25) is 0 Å². The summed E-state index contributed by atoms with van der Waals surface area (Å²) in [6.45, 7) is -0.0121. The number of halogens is 2. The monoisotopic (exact) mass is 351 g/mol. The average molecular weight is 351 g/mol. The molecule has 0 bridgehead atoms. The van der Waals surface area contributed by atoms with E-state index < -0.39 is 6.61 Å². The molecular formula is C18H19F2NO2S. The van der Waals surface area contributed by atoms with Crippen molar-refractivity contribution in [1.82, 2.24) is 4.90 Å². The van der Waals surface area contributed by atoms with Gasteiger partial charge in [-0.1, -0.05) is 19.1 Å². The molecular weight excluding hydrogens is 332 g/mol. The van der Waals surface area contributed by atoms with Crippen LogP contribution in [0.5, 0.6) is 5.75 Å². The van der Waals surface area contributed by atoms with Gasteiger partial charge in [-0.25, -0.2) is 0 Å². The molecule has 1 aromatic carbocycles. The van der Waals surface area contributed by atoms with Crippen LogP contribution < -0.4 is 4.74 Å². The summed E-state index contributed by atoms with van der Waals surface area (Å²) in [5.41, 5.74) is 2.07. The van der Waals surface area contributed by atoms with Gasteiger partial charge in [0, 0.05) is 11.4 Å². The Morgan fingerprint density at radius 1 is 1.33 bits per heavy atom. The van der Waals surface area contributed by atoms with Crippen molar-refractivity contribution < 1.29 is 18.3 Å². The molecule has 3 rings (SSSR count). The maximum absolute atomic E-state index is 12.7. The van der Waals surface area contributed by atoms with E-state index in [9.17, 15) is 13.6 Å². The third kappa shape index (κ3) is 3.59. The number of rotatable bonds is 5. The highest BCUT2D eigenvalue weighted by Gasteiger charge is 2.30. The Morgan fingerprint density at radius 2 is 2.08 bits per heavy atom. The summed E-state index contributed by atoms with van der Waals surface area (Å²) in [6, 6.07) is 8.52. The van der Waals surface area contributed by atoms with Gasteiger partial charge in [0.25, 0.3) is 0 Å². The molecule has 0 radical (unpaired) electrons. The number of carbonyl (C=O) groups excluding carboxylic acids is 1. The van der Waals surface area contributed by atoms with Crippen molar-refractivity contribution in [3.8, 4) is 5.75 Å². The smallest absolute Gasteiger partial charge is 0.387 e. The molecule has 0 aliphatic carbocycles. The molecule has 1 aliphatic rings. The minimum Gasteiger partial charge on any atom is -0.435 e. The maximum Gasteiger partial charge on any atom is 0.387 e. The molecule has 1 atom stereocenters. The van der Waals surface area contributed by atoms with Crippen LogP contribution in [0.1, 0.15) is 35.4 Å². The average Bonchev–Trinajstić information content (AvgIpc) is 3.03. The number of hydrogen-bond acceptors (Lipinski definition) is 3. The van der Waals surface area contributed by atoms with E-state index in [2.05, 4.69) is 23.1 Å². The highest BCUT2D eigenvalue weighted by Crippen LogP contribution is 2.35. The second-order valence-electron chi connectivity index (χ2n) is 5.76. The molecule has 0 spiro atoms. The number of ether oxygens (including phenoxy) is 1. The van der Waals surface area contributed by atoms with Crippen LogP contribution in [-0.4, -0.2) is 24.0 Å². The fourth-order valence-corrected chi connectivity index (χ4v) is 4.13. The van der Waals surface area contributed by atoms with E-state index in [-0.39, 0.29) is 24.1 Å².